The molecule has 0 aromatic carbocycles. The second kappa shape index (κ2) is 8.83. The number of Topliss-reactive ketones (excluding diaryl/α,β-unsaturated/α-hetero) is 1. The van der Waals surface area contributed by atoms with Crippen LogP contribution in [0, 0.1) is 11.3 Å². The number of nitrogens with two attached hydrogens (primary N) is 1. The molecule has 0 aliphatic rings. The number of carbonyl (C=O) groups excluding carboxylic acids is 1. The first kappa shape index (κ1) is 23.3. The van der Waals surface area contributed by atoms with Crippen molar-refractivity contribution >= 4 is 28.6 Å². The molecule has 0 aliphatic carbocycles. The van der Waals surface area contributed by atoms with Gasteiger partial charge in [0.1, 0.15) is 27.9 Å². The largest absolute Gasteiger partial charge is 0.401 e. The minimum atomic E-state index is -0.524. The van der Waals surface area contributed by atoms with Gasteiger partial charge >= 0.3 is 5.69 Å². The van der Waals surface area contributed by atoms with Gasteiger partial charge in [-0.05, 0) is 13.3 Å². The zero-order valence-electron chi connectivity index (χ0n) is 18.1. The van der Waals surface area contributed by atoms with Crippen molar-refractivity contribution in [2.45, 2.75) is 58.0 Å². The number of rotatable bonds is 6. The number of ketones is 1. The summed E-state index contributed by atoms with van der Waals surface area (Å²) in [6, 6.07) is 1.81. The van der Waals surface area contributed by atoms with E-state index in [1.165, 1.54) is 18.5 Å². The number of allylic oxidation sites excluding steroid dienone is 2. The van der Waals surface area contributed by atoms with E-state index in [9.17, 15) is 14.4 Å². The predicted octanol–water partition coefficient (Wildman–Crippen LogP) is 1.62. The maximum absolute atomic E-state index is 12.9. The van der Waals surface area contributed by atoms with E-state index in [4.69, 9.17) is 11.0 Å². The molecule has 0 spiro atoms. The summed E-state index contributed by atoms with van der Waals surface area (Å²) in [5, 5.41) is 9.64. The van der Waals surface area contributed by atoms with Crippen LogP contribution < -0.4 is 17.0 Å². The lowest BCUT2D eigenvalue weighted by Gasteiger charge is -2.20. The van der Waals surface area contributed by atoms with Crippen molar-refractivity contribution in [3.05, 3.63) is 37.9 Å². The zero-order chi connectivity index (χ0) is 22.8. The van der Waals surface area contributed by atoms with E-state index in [1.807, 2.05) is 33.8 Å². The second-order valence-corrected chi connectivity index (χ2v) is 8.95. The maximum Gasteiger partial charge on any atom is 0.332 e. The number of aryl methyl sites for hydroxylation is 1. The lowest BCUT2D eigenvalue weighted by molar-refractivity contribution is -0.112. The van der Waals surface area contributed by atoms with E-state index in [-0.39, 0.29) is 28.1 Å². The summed E-state index contributed by atoms with van der Waals surface area (Å²) < 4.78 is 2.48. The SMILES string of the molecule is CCCn1c(=O)n(C)c(=O)c2c(SCC(=O)C(C#N)=C(C)N)nc(C(C)(C)C)nc21. The number of thioether (sulfide) groups is 1. The van der Waals surface area contributed by atoms with E-state index in [0.717, 1.165) is 16.3 Å². The molecule has 10 heteroatoms. The summed E-state index contributed by atoms with van der Waals surface area (Å²) in [6.07, 6.45) is 0.676. The van der Waals surface area contributed by atoms with Crippen LogP contribution in [-0.4, -0.2) is 30.6 Å². The molecule has 2 N–H and O–H groups in total. The monoisotopic (exact) mass is 430 g/mol. The van der Waals surface area contributed by atoms with E-state index in [0.29, 0.717) is 23.8 Å². The van der Waals surface area contributed by atoms with Crippen molar-refractivity contribution in [3.63, 3.8) is 0 Å². The number of fused-ring (bicyclic) bond motifs is 1. The van der Waals surface area contributed by atoms with E-state index >= 15 is 0 Å². The smallest absolute Gasteiger partial charge is 0.332 e. The highest BCUT2D eigenvalue weighted by Gasteiger charge is 2.25. The fourth-order valence-electron chi connectivity index (χ4n) is 2.78. The number of aromatic nitrogens is 4. The van der Waals surface area contributed by atoms with E-state index in [1.54, 1.807) is 0 Å². The van der Waals surface area contributed by atoms with Gasteiger partial charge in [-0.2, -0.15) is 5.26 Å². The topological polar surface area (TPSA) is 137 Å². The molecule has 0 aliphatic heterocycles. The molecule has 0 saturated heterocycles. The first-order valence-corrected chi connectivity index (χ1v) is 10.5. The van der Waals surface area contributed by atoms with Crippen molar-refractivity contribution in [1.82, 2.24) is 19.1 Å². The lowest BCUT2D eigenvalue weighted by atomic mass is 9.96. The third kappa shape index (κ3) is 4.46. The number of nitriles is 1. The number of carbonyl (C=O) groups is 1. The van der Waals surface area contributed by atoms with Gasteiger partial charge in [0.2, 0.25) is 0 Å². The highest BCUT2D eigenvalue weighted by molar-refractivity contribution is 8.00. The third-order valence-electron chi connectivity index (χ3n) is 4.39. The Hall–Kier alpha value is -2.93. The average molecular weight is 431 g/mol. The van der Waals surface area contributed by atoms with Gasteiger partial charge in [0.05, 0.1) is 5.75 Å². The van der Waals surface area contributed by atoms with E-state index in [2.05, 4.69) is 9.97 Å². The molecule has 0 bridgehead atoms. The Balaban J connectivity index is 2.79. The van der Waals surface area contributed by atoms with Crippen LogP contribution in [0.2, 0.25) is 0 Å². The van der Waals surface area contributed by atoms with Gasteiger partial charge in [-0.3, -0.25) is 18.7 Å². The Bertz CT molecular complexity index is 1190. The van der Waals surface area contributed by atoms with Crippen molar-refractivity contribution in [1.29, 1.82) is 5.26 Å². The standard InChI is InChI=1S/C20H26N6O3S/c1-7-8-26-15-14(17(28)25(6)19(26)29)16(24-18(23-15)20(3,4)5)30-10-13(27)12(9-21)11(2)22/h7-8,10,22H2,1-6H3. The Labute approximate surface area is 178 Å². The second-order valence-electron chi connectivity index (χ2n) is 7.98. The van der Waals surface area contributed by atoms with Gasteiger partial charge in [0.15, 0.2) is 11.4 Å². The molecular weight excluding hydrogens is 404 g/mol. The maximum atomic E-state index is 12.9. The Morgan fingerprint density at radius 3 is 2.40 bits per heavy atom. The van der Waals surface area contributed by atoms with Gasteiger partial charge in [0, 0.05) is 24.7 Å². The first-order chi connectivity index (χ1) is 13.9. The van der Waals surface area contributed by atoms with Gasteiger partial charge in [-0.1, -0.05) is 39.5 Å². The predicted molar refractivity (Wildman–Crippen MR) is 116 cm³/mol. The summed E-state index contributed by atoms with van der Waals surface area (Å²) in [4.78, 5) is 47.1. The number of nitrogens with zero attached hydrogens (tertiary/aromatic N) is 5. The zero-order valence-corrected chi connectivity index (χ0v) is 18.9. The number of hydrogen-bond donors (Lipinski definition) is 1. The quantitative estimate of drug-likeness (QED) is 0.316. The van der Waals surface area contributed by atoms with E-state index < -0.39 is 22.4 Å². The van der Waals surface area contributed by atoms with Gasteiger partial charge in [-0.15, -0.1) is 0 Å². The minimum absolute atomic E-state index is 0.118. The molecule has 0 amide bonds. The van der Waals surface area contributed by atoms with Crippen LogP contribution in [0.4, 0.5) is 0 Å². The molecule has 0 unspecified atom stereocenters. The molecule has 2 aromatic rings. The molecule has 30 heavy (non-hydrogen) atoms. The first-order valence-electron chi connectivity index (χ1n) is 9.48. The molecule has 0 atom stereocenters. The summed E-state index contributed by atoms with van der Waals surface area (Å²) >= 11 is 1.03. The molecule has 0 fully saturated rings. The normalized spacial score (nSPS) is 12.6. The molecule has 2 rings (SSSR count). The molecule has 0 saturated carbocycles. The fraction of sp³-hybridized carbons (Fsp3) is 0.500. The van der Waals surface area contributed by atoms with Crippen LogP contribution in [0.5, 0.6) is 0 Å². The highest BCUT2D eigenvalue weighted by atomic mass is 32.2. The number of hydrogen-bond acceptors (Lipinski definition) is 8. The third-order valence-corrected chi connectivity index (χ3v) is 5.37. The Morgan fingerprint density at radius 2 is 1.90 bits per heavy atom. The Kier molecular flexibility index (Phi) is 6.87. The van der Waals surface area contributed by atoms with Crippen molar-refractivity contribution in [3.8, 4) is 6.07 Å². The lowest BCUT2D eigenvalue weighted by Crippen LogP contribution is -2.39. The van der Waals surface area contributed by atoms with Crippen LogP contribution in [0.3, 0.4) is 0 Å². The summed E-state index contributed by atoms with van der Waals surface area (Å²) in [7, 11) is 1.40. The molecule has 9 nitrogen and oxygen atoms in total. The van der Waals surface area contributed by atoms with Gasteiger partial charge < -0.3 is 5.73 Å². The Morgan fingerprint density at radius 1 is 1.27 bits per heavy atom. The van der Waals surface area contributed by atoms with Crippen LogP contribution in [0.25, 0.3) is 11.0 Å². The molecule has 160 valence electrons. The summed E-state index contributed by atoms with van der Waals surface area (Å²) in [5.74, 6) is -0.123. The molecule has 2 aromatic heterocycles. The van der Waals surface area contributed by atoms with Crippen LogP contribution in [-0.2, 0) is 23.8 Å². The highest BCUT2D eigenvalue weighted by Crippen LogP contribution is 2.27. The van der Waals surface area contributed by atoms with Crippen molar-refractivity contribution in [2.24, 2.45) is 12.8 Å². The molecule has 0 radical (unpaired) electrons. The fourth-order valence-corrected chi connectivity index (χ4v) is 3.67. The summed E-state index contributed by atoms with van der Waals surface area (Å²) in [6.45, 7) is 9.56. The summed E-state index contributed by atoms with van der Waals surface area (Å²) in [5.41, 5.74) is 4.46. The molecule has 2 heterocycles. The van der Waals surface area contributed by atoms with Crippen LogP contribution in [0.15, 0.2) is 25.9 Å². The van der Waals surface area contributed by atoms with Gasteiger partial charge in [-0.25, -0.2) is 14.8 Å². The molecular formula is C20H26N6O3S. The van der Waals surface area contributed by atoms with Gasteiger partial charge in [0.25, 0.3) is 5.56 Å². The van der Waals surface area contributed by atoms with Crippen molar-refractivity contribution < 1.29 is 4.79 Å². The average Bonchev–Trinajstić information content (AvgIpc) is 2.66. The van der Waals surface area contributed by atoms with Crippen LogP contribution >= 0.6 is 11.8 Å². The van der Waals surface area contributed by atoms with Crippen LogP contribution in [0.1, 0.15) is 46.9 Å². The van der Waals surface area contributed by atoms with Crippen molar-refractivity contribution in [2.75, 3.05) is 5.75 Å². The minimum Gasteiger partial charge on any atom is -0.401 e.